The van der Waals surface area contributed by atoms with Gasteiger partial charge in [-0.15, -0.1) is 0 Å². The maximum atomic E-state index is 11.6. The smallest absolute Gasteiger partial charge is 0.410 e. The minimum absolute atomic E-state index is 0.158. The number of carbonyl (C=O) groups excluding carboxylic acids is 2. The third-order valence-electron chi connectivity index (χ3n) is 2.37. The molecule has 0 aliphatic carbocycles. The zero-order valence-electron chi connectivity index (χ0n) is 9.48. The molecule has 0 unspecified atom stereocenters. The van der Waals surface area contributed by atoms with E-state index in [1.807, 2.05) is 0 Å². The molecule has 0 spiro atoms. The number of amides is 1. The molecule has 1 rings (SSSR count). The molecule has 1 saturated heterocycles. The predicted octanol–water partition coefficient (Wildman–Crippen LogP) is 1.34. The molecule has 1 atom stereocenters. The van der Waals surface area contributed by atoms with E-state index in [1.165, 1.54) is 11.0 Å². The van der Waals surface area contributed by atoms with Crippen LogP contribution in [0.15, 0.2) is 12.7 Å². The summed E-state index contributed by atoms with van der Waals surface area (Å²) in [5.41, 5.74) is 0. The molecule has 16 heavy (non-hydrogen) atoms. The minimum Gasteiger partial charge on any atom is -0.464 e. The van der Waals surface area contributed by atoms with Gasteiger partial charge >= 0.3 is 12.1 Å². The van der Waals surface area contributed by atoms with Crippen molar-refractivity contribution in [1.82, 2.24) is 4.90 Å². The highest BCUT2D eigenvalue weighted by atomic mass is 16.6. The average molecular weight is 227 g/mol. The number of hydrogen-bond acceptors (Lipinski definition) is 4. The first-order chi connectivity index (χ1) is 7.70. The Morgan fingerprint density at radius 1 is 1.50 bits per heavy atom. The Hall–Kier alpha value is -1.52. The SMILES string of the molecule is C=CCOC(=O)N1CCC[C@H]1C(=O)OCC. The second-order valence-electron chi connectivity index (χ2n) is 3.47. The van der Waals surface area contributed by atoms with Crippen molar-refractivity contribution in [3.05, 3.63) is 12.7 Å². The standard InChI is InChI=1S/C11H17NO4/c1-3-8-16-11(14)12-7-5-6-9(12)10(13)15-4-2/h3,9H,1,4-8H2,2H3/t9-/m0/s1. The Morgan fingerprint density at radius 3 is 2.88 bits per heavy atom. The first kappa shape index (κ1) is 12.5. The number of ether oxygens (including phenoxy) is 2. The summed E-state index contributed by atoms with van der Waals surface area (Å²) in [6, 6.07) is -0.489. The number of hydrogen-bond donors (Lipinski definition) is 0. The van der Waals surface area contributed by atoms with Gasteiger partial charge in [0.2, 0.25) is 0 Å². The van der Waals surface area contributed by atoms with Crippen LogP contribution in [-0.4, -0.2) is 42.8 Å². The quantitative estimate of drug-likeness (QED) is 0.537. The van der Waals surface area contributed by atoms with Crippen LogP contribution in [0.5, 0.6) is 0 Å². The highest BCUT2D eigenvalue weighted by Gasteiger charge is 2.35. The van der Waals surface area contributed by atoms with E-state index in [4.69, 9.17) is 9.47 Å². The zero-order valence-corrected chi connectivity index (χ0v) is 9.48. The van der Waals surface area contributed by atoms with Crippen molar-refractivity contribution in [1.29, 1.82) is 0 Å². The molecule has 5 nitrogen and oxygen atoms in total. The minimum atomic E-state index is -0.489. The maximum Gasteiger partial charge on any atom is 0.410 e. The summed E-state index contributed by atoms with van der Waals surface area (Å²) in [6.07, 6.45) is 2.46. The summed E-state index contributed by atoms with van der Waals surface area (Å²) >= 11 is 0. The molecule has 1 aliphatic rings. The van der Waals surface area contributed by atoms with E-state index in [0.29, 0.717) is 19.6 Å². The van der Waals surface area contributed by atoms with Gasteiger partial charge < -0.3 is 9.47 Å². The molecule has 0 aromatic carbocycles. The number of rotatable bonds is 4. The van der Waals surface area contributed by atoms with Gasteiger partial charge in [-0.2, -0.15) is 0 Å². The lowest BCUT2D eigenvalue weighted by molar-refractivity contribution is -0.147. The summed E-state index contributed by atoms with van der Waals surface area (Å²) in [5.74, 6) is -0.351. The van der Waals surface area contributed by atoms with Gasteiger partial charge in [0.1, 0.15) is 12.6 Å². The predicted molar refractivity (Wildman–Crippen MR) is 57.9 cm³/mol. The van der Waals surface area contributed by atoms with Crippen LogP contribution in [0, 0.1) is 0 Å². The van der Waals surface area contributed by atoms with Crippen LogP contribution in [0.2, 0.25) is 0 Å². The lowest BCUT2D eigenvalue weighted by Crippen LogP contribution is -2.41. The van der Waals surface area contributed by atoms with Crippen molar-refractivity contribution in [3.63, 3.8) is 0 Å². The van der Waals surface area contributed by atoms with E-state index in [9.17, 15) is 9.59 Å². The molecular weight excluding hydrogens is 210 g/mol. The van der Waals surface area contributed by atoms with Crippen LogP contribution in [0.1, 0.15) is 19.8 Å². The molecule has 0 aromatic rings. The van der Waals surface area contributed by atoms with Gasteiger partial charge in [-0.1, -0.05) is 12.7 Å². The van der Waals surface area contributed by atoms with Crippen molar-refractivity contribution < 1.29 is 19.1 Å². The van der Waals surface area contributed by atoms with Gasteiger partial charge in [-0.25, -0.2) is 9.59 Å². The number of nitrogens with zero attached hydrogens (tertiary/aromatic N) is 1. The summed E-state index contributed by atoms with van der Waals surface area (Å²) in [6.45, 7) is 6.22. The number of esters is 1. The van der Waals surface area contributed by atoms with Gasteiger partial charge in [0.05, 0.1) is 6.61 Å². The van der Waals surface area contributed by atoms with E-state index in [-0.39, 0.29) is 12.6 Å². The van der Waals surface area contributed by atoms with Crippen molar-refractivity contribution >= 4 is 12.1 Å². The van der Waals surface area contributed by atoms with Crippen molar-refractivity contribution in [3.8, 4) is 0 Å². The largest absolute Gasteiger partial charge is 0.464 e. The second kappa shape index (κ2) is 6.15. The van der Waals surface area contributed by atoms with E-state index < -0.39 is 12.1 Å². The maximum absolute atomic E-state index is 11.6. The molecule has 0 radical (unpaired) electrons. The second-order valence-corrected chi connectivity index (χ2v) is 3.47. The average Bonchev–Trinajstić information content (AvgIpc) is 2.75. The van der Waals surface area contributed by atoms with Gasteiger partial charge in [0, 0.05) is 6.54 Å². The molecule has 0 aromatic heterocycles. The van der Waals surface area contributed by atoms with Crippen LogP contribution in [0.25, 0.3) is 0 Å². The summed E-state index contributed by atoms with van der Waals surface area (Å²) in [4.78, 5) is 24.5. The van der Waals surface area contributed by atoms with Crippen molar-refractivity contribution in [2.75, 3.05) is 19.8 Å². The molecule has 90 valence electrons. The van der Waals surface area contributed by atoms with Crippen LogP contribution < -0.4 is 0 Å². The topological polar surface area (TPSA) is 55.8 Å². The van der Waals surface area contributed by atoms with Gasteiger partial charge in [0.15, 0.2) is 0 Å². The fraction of sp³-hybridized carbons (Fsp3) is 0.636. The van der Waals surface area contributed by atoms with Gasteiger partial charge in [-0.05, 0) is 19.8 Å². The fourth-order valence-electron chi connectivity index (χ4n) is 1.68. The number of carbonyl (C=O) groups is 2. The third-order valence-corrected chi connectivity index (χ3v) is 2.37. The highest BCUT2D eigenvalue weighted by Crippen LogP contribution is 2.19. The Kier molecular flexibility index (Phi) is 4.82. The molecule has 1 aliphatic heterocycles. The lowest BCUT2D eigenvalue weighted by atomic mass is 10.2. The highest BCUT2D eigenvalue weighted by molar-refractivity contribution is 5.82. The summed E-state index contributed by atoms with van der Waals surface area (Å²) < 4.78 is 9.80. The fourth-order valence-corrected chi connectivity index (χ4v) is 1.68. The normalized spacial score (nSPS) is 19.3. The van der Waals surface area contributed by atoms with Gasteiger partial charge in [0.25, 0.3) is 0 Å². The lowest BCUT2D eigenvalue weighted by Gasteiger charge is -2.21. The van der Waals surface area contributed by atoms with Crippen LogP contribution in [0.4, 0.5) is 4.79 Å². The Balaban J connectivity index is 2.54. The molecule has 1 fully saturated rings. The zero-order chi connectivity index (χ0) is 12.0. The summed E-state index contributed by atoms with van der Waals surface area (Å²) in [7, 11) is 0. The molecular formula is C11H17NO4. The van der Waals surface area contributed by atoms with E-state index in [0.717, 1.165) is 6.42 Å². The van der Waals surface area contributed by atoms with E-state index in [2.05, 4.69) is 6.58 Å². The molecule has 5 heteroatoms. The molecule has 1 heterocycles. The summed E-state index contributed by atoms with van der Waals surface area (Å²) in [5, 5.41) is 0. The van der Waals surface area contributed by atoms with E-state index in [1.54, 1.807) is 6.92 Å². The molecule has 0 saturated carbocycles. The van der Waals surface area contributed by atoms with Gasteiger partial charge in [-0.3, -0.25) is 4.90 Å². The van der Waals surface area contributed by atoms with Crippen LogP contribution in [-0.2, 0) is 14.3 Å². The Bertz CT molecular complexity index is 277. The van der Waals surface area contributed by atoms with E-state index >= 15 is 0 Å². The Labute approximate surface area is 95.0 Å². The van der Waals surface area contributed by atoms with Crippen molar-refractivity contribution in [2.45, 2.75) is 25.8 Å². The van der Waals surface area contributed by atoms with Crippen molar-refractivity contribution in [2.24, 2.45) is 0 Å². The monoisotopic (exact) mass is 227 g/mol. The van der Waals surface area contributed by atoms with Crippen LogP contribution in [0.3, 0.4) is 0 Å². The molecule has 1 amide bonds. The Morgan fingerprint density at radius 2 is 2.25 bits per heavy atom. The van der Waals surface area contributed by atoms with Crippen LogP contribution >= 0.6 is 0 Å². The number of likely N-dealkylation sites (tertiary alicyclic amines) is 1. The first-order valence-electron chi connectivity index (χ1n) is 5.41. The molecule has 0 bridgehead atoms. The molecule has 0 N–H and O–H groups in total. The first-order valence-corrected chi connectivity index (χ1v) is 5.41. The third kappa shape index (κ3) is 2.98.